The second-order valence-electron chi connectivity index (χ2n) is 6.23. The summed E-state index contributed by atoms with van der Waals surface area (Å²) in [4.78, 5) is 25.6. The molecule has 0 bridgehead atoms. The number of aromatic nitrogens is 1. The molecular formula is C19H15BrN2O3. The summed E-state index contributed by atoms with van der Waals surface area (Å²) >= 11 is 3.34. The first kappa shape index (κ1) is 15.9. The van der Waals surface area contributed by atoms with Gasteiger partial charge in [-0.15, -0.1) is 0 Å². The molecule has 4 rings (SSSR count). The molecule has 5 nitrogen and oxygen atoms in total. The summed E-state index contributed by atoms with van der Waals surface area (Å²) in [5.41, 5.74) is 1.59. The third kappa shape index (κ3) is 2.44. The Morgan fingerprint density at radius 1 is 1.28 bits per heavy atom. The fourth-order valence-corrected chi connectivity index (χ4v) is 3.88. The van der Waals surface area contributed by atoms with Crippen molar-refractivity contribution < 1.29 is 9.90 Å². The number of hydrogen-bond acceptors (Lipinski definition) is 3. The summed E-state index contributed by atoms with van der Waals surface area (Å²) in [6.45, 7) is 1.94. The van der Waals surface area contributed by atoms with Gasteiger partial charge < -0.3 is 15.0 Å². The highest BCUT2D eigenvalue weighted by molar-refractivity contribution is 9.10. The molecule has 0 spiro atoms. The van der Waals surface area contributed by atoms with Crippen molar-refractivity contribution in [3.05, 3.63) is 68.4 Å². The van der Waals surface area contributed by atoms with Gasteiger partial charge in [0.15, 0.2) is 0 Å². The Kier molecular flexibility index (Phi) is 3.65. The minimum Gasteiger partial charge on any atom is -0.506 e. The largest absolute Gasteiger partial charge is 0.506 e. The Labute approximate surface area is 152 Å². The van der Waals surface area contributed by atoms with Gasteiger partial charge in [0.1, 0.15) is 11.3 Å². The van der Waals surface area contributed by atoms with Crippen LogP contribution in [0.2, 0.25) is 0 Å². The molecule has 3 aromatic rings. The van der Waals surface area contributed by atoms with E-state index in [2.05, 4.69) is 21.2 Å². The van der Waals surface area contributed by atoms with Gasteiger partial charge in [-0.1, -0.05) is 34.1 Å². The van der Waals surface area contributed by atoms with Gasteiger partial charge in [-0.25, -0.2) is 0 Å². The van der Waals surface area contributed by atoms with Crippen molar-refractivity contribution in [1.82, 2.24) is 4.57 Å². The zero-order valence-corrected chi connectivity index (χ0v) is 15.0. The third-order valence-electron chi connectivity index (χ3n) is 4.55. The van der Waals surface area contributed by atoms with Gasteiger partial charge in [0.25, 0.3) is 11.5 Å². The van der Waals surface area contributed by atoms with Crippen molar-refractivity contribution in [1.29, 1.82) is 0 Å². The van der Waals surface area contributed by atoms with Crippen LogP contribution in [0.4, 0.5) is 5.69 Å². The fourth-order valence-electron chi connectivity index (χ4n) is 3.48. The van der Waals surface area contributed by atoms with Crippen molar-refractivity contribution in [3.63, 3.8) is 0 Å². The second kappa shape index (κ2) is 5.74. The first-order valence-corrected chi connectivity index (χ1v) is 8.72. The van der Waals surface area contributed by atoms with Crippen LogP contribution in [0.3, 0.4) is 0 Å². The van der Waals surface area contributed by atoms with E-state index in [1.165, 1.54) is 0 Å². The van der Waals surface area contributed by atoms with Crippen LogP contribution < -0.4 is 10.9 Å². The molecule has 0 saturated heterocycles. The molecule has 1 aliphatic rings. The van der Waals surface area contributed by atoms with Gasteiger partial charge in [0.05, 0.1) is 5.52 Å². The number of benzene rings is 2. The average Bonchev–Trinajstić information content (AvgIpc) is 2.89. The number of anilines is 1. The number of hydrogen-bond donors (Lipinski definition) is 2. The Balaban J connectivity index is 1.89. The van der Waals surface area contributed by atoms with Crippen LogP contribution in [0.15, 0.2) is 51.7 Å². The van der Waals surface area contributed by atoms with E-state index in [1.807, 2.05) is 25.1 Å². The van der Waals surface area contributed by atoms with Crippen molar-refractivity contribution in [3.8, 4) is 5.75 Å². The molecule has 1 aliphatic heterocycles. The van der Waals surface area contributed by atoms with E-state index in [4.69, 9.17) is 0 Å². The highest BCUT2D eigenvalue weighted by Gasteiger charge is 2.29. The van der Waals surface area contributed by atoms with Crippen LogP contribution in [0.5, 0.6) is 5.75 Å². The molecule has 2 N–H and O–H groups in total. The standard InChI is InChI=1S/C19H15BrN2O3/c1-10-8-11-4-2-7-14-16(11)22(10)19(25)15(17(14)23)18(24)21-13-6-3-5-12(20)9-13/h2-7,9-10,23H,8H2,1H3,(H,21,24)/t10-/m0/s1. The summed E-state index contributed by atoms with van der Waals surface area (Å²) in [5, 5.41) is 13.8. The Morgan fingerprint density at radius 2 is 2.04 bits per heavy atom. The van der Waals surface area contributed by atoms with E-state index in [1.54, 1.807) is 28.8 Å². The number of aromatic hydroxyl groups is 1. The number of nitrogens with zero attached hydrogens (tertiary/aromatic N) is 1. The lowest BCUT2D eigenvalue weighted by molar-refractivity contribution is 0.102. The number of carbonyl (C=O) groups is 1. The quantitative estimate of drug-likeness (QED) is 0.688. The van der Waals surface area contributed by atoms with Crippen LogP contribution in [-0.4, -0.2) is 15.6 Å². The average molecular weight is 399 g/mol. The van der Waals surface area contributed by atoms with E-state index in [0.717, 1.165) is 15.6 Å². The normalized spacial score (nSPS) is 15.5. The van der Waals surface area contributed by atoms with E-state index in [-0.39, 0.29) is 17.4 Å². The van der Waals surface area contributed by atoms with Crippen LogP contribution >= 0.6 is 15.9 Å². The van der Waals surface area contributed by atoms with Crippen molar-refractivity contribution in [2.24, 2.45) is 0 Å². The fraction of sp³-hybridized carbons (Fsp3) is 0.158. The molecular weight excluding hydrogens is 384 g/mol. The van der Waals surface area contributed by atoms with Gasteiger partial charge in [-0.2, -0.15) is 0 Å². The molecule has 0 fully saturated rings. The molecule has 0 saturated carbocycles. The smallest absolute Gasteiger partial charge is 0.268 e. The van der Waals surface area contributed by atoms with Crippen molar-refractivity contribution >= 4 is 38.4 Å². The van der Waals surface area contributed by atoms with Crippen molar-refractivity contribution in [2.45, 2.75) is 19.4 Å². The number of para-hydroxylation sites is 1. The molecule has 126 valence electrons. The van der Waals surface area contributed by atoms with Crippen LogP contribution in [-0.2, 0) is 6.42 Å². The lowest BCUT2D eigenvalue weighted by Gasteiger charge is -2.14. The molecule has 0 aliphatic carbocycles. The predicted molar refractivity (Wildman–Crippen MR) is 100 cm³/mol. The summed E-state index contributed by atoms with van der Waals surface area (Å²) in [6.07, 6.45) is 0.711. The lowest BCUT2D eigenvalue weighted by atomic mass is 10.1. The Hall–Kier alpha value is -2.60. The van der Waals surface area contributed by atoms with Gasteiger partial charge in [0.2, 0.25) is 0 Å². The SMILES string of the molecule is C[C@H]1Cc2cccc3c(O)c(C(=O)Nc4cccc(Br)c4)c(=O)n1c23. The highest BCUT2D eigenvalue weighted by atomic mass is 79.9. The zero-order chi connectivity index (χ0) is 17.7. The van der Waals surface area contributed by atoms with Gasteiger partial charge in [0, 0.05) is 21.6 Å². The summed E-state index contributed by atoms with van der Waals surface area (Å²) in [6, 6.07) is 12.5. The van der Waals surface area contributed by atoms with Gasteiger partial charge >= 0.3 is 0 Å². The topological polar surface area (TPSA) is 71.3 Å². The number of amides is 1. The minimum atomic E-state index is -0.615. The summed E-state index contributed by atoms with van der Waals surface area (Å²) in [7, 11) is 0. The maximum absolute atomic E-state index is 12.9. The zero-order valence-electron chi connectivity index (χ0n) is 13.4. The lowest BCUT2D eigenvalue weighted by Crippen LogP contribution is -2.30. The number of halogens is 1. The van der Waals surface area contributed by atoms with Crippen molar-refractivity contribution in [2.75, 3.05) is 5.32 Å². The predicted octanol–water partition coefficient (Wildman–Crippen LogP) is 3.84. The summed E-state index contributed by atoms with van der Waals surface area (Å²) in [5.74, 6) is -0.879. The first-order chi connectivity index (χ1) is 12.0. The van der Waals surface area contributed by atoms with E-state index < -0.39 is 11.5 Å². The molecule has 1 aromatic heterocycles. The van der Waals surface area contributed by atoms with Gasteiger partial charge in [-0.3, -0.25) is 9.59 Å². The van der Waals surface area contributed by atoms with E-state index >= 15 is 0 Å². The molecule has 1 amide bonds. The minimum absolute atomic E-state index is 0.0505. The molecule has 0 radical (unpaired) electrons. The van der Waals surface area contributed by atoms with E-state index in [0.29, 0.717) is 17.5 Å². The number of rotatable bonds is 2. The monoisotopic (exact) mass is 398 g/mol. The van der Waals surface area contributed by atoms with Crippen LogP contribution in [0.25, 0.3) is 10.9 Å². The molecule has 6 heteroatoms. The Morgan fingerprint density at radius 3 is 2.80 bits per heavy atom. The second-order valence-corrected chi connectivity index (χ2v) is 7.15. The molecule has 2 aromatic carbocycles. The molecule has 2 heterocycles. The highest BCUT2D eigenvalue weighted by Crippen LogP contribution is 2.36. The number of carbonyl (C=O) groups excluding carboxylic acids is 1. The number of pyridine rings is 1. The Bertz CT molecular complexity index is 1090. The molecule has 1 atom stereocenters. The van der Waals surface area contributed by atoms with Gasteiger partial charge in [-0.05, 0) is 43.2 Å². The third-order valence-corrected chi connectivity index (χ3v) is 5.04. The van der Waals surface area contributed by atoms with Crippen LogP contribution in [0, 0.1) is 0 Å². The van der Waals surface area contributed by atoms with E-state index in [9.17, 15) is 14.7 Å². The number of nitrogens with one attached hydrogen (secondary N) is 1. The maximum atomic E-state index is 12.9. The van der Waals surface area contributed by atoms with Crippen LogP contribution in [0.1, 0.15) is 28.9 Å². The maximum Gasteiger partial charge on any atom is 0.268 e. The summed E-state index contributed by atoms with van der Waals surface area (Å²) < 4.78 is 2.42. The molecule has 25 heavy (non-hydrogen) atoms. The first-order valence-electron chi connectivity index (χ1n) is 7.93. The molecule has 0 unspecified atom stereocenters.